The third-order valence-electron chi connectivity index (χ3n) is 6.80. The summed E-state index contributed by atoms with van der Waals surface area (Å²) in [6.45, 7) is 10.4. The number of hydrogen-bond acceptors (Lipinski definition) is 3. The van der Waals surface area contributed by atoms with E-state index >= 15 is 0 Å². The Kier molecular flexibility index (Phi) is 14.6. The third kappa shape index (κ3) is 9.76. The molecular weight excluding hydrogens is 615 g/mol. The van der Waals surface area contributed by atoms with Gasteiger partial charge in [0, 0.05) is 11.5 Å². The van der Waals surface area contributed by atoms with Gasteiger partial charge < -0.3 is 21.7 Å². The molecule has 0 aliphatic heterocycles. The minimum Gasteiger partial charge on any atom is -0.673 e. The Bertz CT molecular complexity index is 735. The molecule has 0 heterocycles. The van der Waals surface area contributed by atoms with Crippen molar-refractivity contribution >= 4 is 9.42 Å². The van der Waals surface area contributed by atoms with Gasteiger partial charge >= 0.3 is 28.2 Å². The number of nitrogens with one attached hydrogen (secondary N) is 1. The Labute approximate surface area is 216 Å². The van der Waals surface area contributed by atoms with Crippen molar-refractivity contribution in [3.8, 4) is 11.5 Å². The topological polar surface area (TPSA) is 90.3 Å². The first-order valence-electron chi connectivity index (χ1n) is 12.2. The summed E-state index contributed by atoms with van der Waals surface area (Å²) < 4.78 is 0. The molecule has 33 heavy (non-hydrogen) atoms. The Balaban J connectivity index is 0.000000454. The van der Waals surface area contributed by atoms with E-state index < -0.39 is 0 Å². The van der Waals surface area contributed by atoms with Crippen molar-refractivity contribution in [1.29, 1.82) is 0 Å². The van der Waals surface area contributed by atoms with Gasteiger partial charge in [-0.3, -0.25) is 0 Å². The van der Waals surface area contributed by atoms with Crippen LogP contribution in [0.4, 0.5) is 0 Å². The minimum absolute atomic E-state index is 0.0194. The fourth-order valence-electron chi connectivity index (χ4n) is 4.81. The zero-order valence-electron chi connectivity index (χ0n) is 20.5. The van der Waals surface area contributed by atoms with Gasteiger partial charge in [-0.2, -0.15) is 0 Å². The number of allylic oxidation sites excluding steroid dienone is 3. The molecular formula is C27H43ClN2O2Pt. The summed E-state index contributed by atoms with van der Waals surface area (Å²) in [5.41, 5.74) is 17.1. The molecule has 2 aliphatic carbocycles. The van der Waals surface area contributed by atoms with Crippen LogP contribution >= 0.6 is 9.42 Å². The fraction of sp³-hybridized carbons (Fsp3) is 0.630. The number of unbranched alkanes of at least 4 members (excludes halogenated alkanes) is 2. The summed E-state index contributed by atoms with van der Waals surface area (Å²) in [5, 5.41) is 21.1. The van der Waals surface area contributed by atoms with Gasteiger partial charge in [-0.1, -0.05) is 62.8 Å². The van der Waals surface area contributed by atoms with E-state index in [0.29, 0.717) is 5.56 Å². The fourth-order valence-corrected chi connectivity index (χ4v) is 4.81. The normalized spacial score (nSPS) is 24.5. The first-order valence-corrected chi connectivity index (χ1v) is 15.0. The number of halogens is 1. The molecule has 0 spiro atoms. The average Bonchev–Trinajstić information content (AvgIpc) is 2.77. The molecule has 6 heteroatoms. The van der Waals surface area contributed by atoms with E-state index in [-0.39, 0.29) is 35.4 Å². The van der Waals surface area contributed by atoms with E-state index in [1.807, 2.05) is 19.1 Å². The molecule has 1 fully saturated rings. The Hall–Kier alpha value is -0.802. The number of benzene rings is 1. The van der Waals surface area contributed by atoms with Crippen LogP contribution < -0.4 is 5.73 Å². The van der Waals surface area contributed by atoms with Crippen molar-refractivity contribution in [3.63, 3.8) is 0 Å². The van der Waals surface area contributed by atoms with Gasteiger partial charge in [0.15, 0.2) is 0 Å². The van der Waals surface area contributed by atoms with Gasteiger partial charge in [0.2, 0.25) is 0 Å². The Morgan fingerprint density at radius 3 is 2.24 bits per heavy atom. The predicted molar refractivity (Wildman–Crippen MR) is 137 cm³/mol. The molecule has 1 saturated carbocycles. The van der Waals surface area contributed by atoms with Crippen LogP contribution in [0.3, 0.4) is 0 Å². The molecule has 0 saturated heterocycles. The van der Waals surface area contributed by atoms with E-state index in [4.69, 9.17) is 11.5 Å². The molecule has 4 nitrogen and oxygen atoms in total. The number of rotatable bonds is 6. The second-order valence-corrected chi connectivity index (χ2v) is 9.59. The molecule has 0 amide bonds. The van der Waals surface area contributed by atoms with Crippen molar-refractivity contribution in [3.05, 3.63) is 52.8 Å². The predicted octanol–water partition coefficient (Wildman–Crippen LogP) is 7.84. The molecule has 1 aromatic rings. The SMILES string of the molecule is C=C(C)C1CCC(C)=CC1c1c(O)cc(CCCCC)cc1O.[Cl][Pt+].[NH-]C1CCCCC1N. The average molecular weight is 658 g/mol. The molecule has 190 valence electrons. The quantitative estimate of drug-likeness (QED) is 0.215. The number of hydrogen-bond donors (Lipinski definition) is 3. The zero-order chi connectivity index (χ0) is 25.0. The van der Waals surface area contributed by atoms with Crippen LogP contribution in [0.1, 0.15) is 95.6 Å². The molecule has 5 N–H and O–H groups in total. The van der Waals surface area contributed by atoms with Crippen LogP contribution in [0.2, 0.25) is 0 Å². The zero-order valence-corrected chi connectivity index (χ0v) is 23.5. The first-order chi connectivity index (χ1) is 15.7. The Morgan fingerprint density at radius 2 is 1.76 bits per heavy atom. The summed E-state index contributed by atoms with van der Waals surface area (Å²) in [5.74, 6) is 0.741. The molecule has 0 aromatic heterocycles. The largest absolute Gasteiger partial charge is 0.673 e. The van der Waals surface area contributed by atoms with Crippen molar-refractivity contribution in [1.82, 2.24) is 0 Å². The van der Waals surface area contributed by atoms with Gasteiger partial charge in [0.25, 0.3) is 0 Å². The van der Waals surface area contributed by atoms with Crippen LogP contribution in [0.5, 0.6) is 11.5 Å². The standard InChI is InChI=1S/C21H30O2.C6H13N2.ClH.Pt/c1-5-6-7-8-16-12-19(22)21(20(23)13-16)18-11-15(4)9-10-17(18)14(2)3;7-5-3-1-2-4-6(5)8;;/h11-13,17-18,22-23H,2,5-10H2,1,3-4H3;5-7H,1-4,8H2;1H;/q;-1;;+2/p-1. The maximum Gasteiger partial charge on any atom is -0.0123 e. The van der Waals surface area contributed by atoms with Crippen LogP contribution in [-0.2, 0) is 25.2 Å². The van der Waals surface area contributed by atoms with Crippen molar-refractivity contribution in [2.75, 3.05) is 0 Å². The Morgan fingerprint density at radius 1 is 1.15 bits per heavy atom. The molecule has 4 atom stereocenters. The molecule has 0 bridgehead atoms. The second kappa shape index (κ2) is 16.0. The van der Waals surface area contributed by atoms with E-state index in [9.17, 15) is 10.2 Å². The van der Waals surface area contributed by atoms with E-state index in [1.165, 1.54) is 31.3 Å². The third-order valence-corrected chi connectivity index (χ3v) is 6.80. The number of phenolic OH excluding ortho intramolecular Hbond substituents is 2. The van der Waals surface area contributed by atoms with Crippen LogP contribution in [0.15, 0.2) is 35.9 Å². The van der Waals surface area contributed by atoms with Crippen LogP contribution in [0, 0.1) is 5.92 Å². The van der Waals surface area contributed by atoms with Gasteiger partial charge in [0.1, 0.15) is 11.5 Å². The van der Waals surface area contributed by atoms with E-state index in [0.717, 1.165) is 49.7 Å². The monoisotopic (exact) mass is 657 g/mol. The molecule has 1 aromatic carbocycles. The first kappa shape index (κ1) is 30.2. The number of phenols is 2. The number of aromatic hydroxyl groups is 2. The summed E-state index contributed by atoms with van der Waals surface area (Å²) in [6, 6.07) is 3.86. The second-order valence-electron chi connectivity index (χ2n) is 9.59. The maximum atomic E-state index is 10.5. The van der Waals surface area contributed by atoms with Crippen molar-refractivity contribution < 1.29 is 29.0 Å². The van der Waals surface area contributed by atoms with Gasteiger partial charge in [-0.15, -0.1) is 6.04 Å². The van der Waals surface area contributed by atoms with Crippen LogP contribution in [-0.4, -0.2) is 22.3 Å². The van der Waals surface area contributed by atoms with E-state index in [1.54, 1.807) is 18.8 Å². The minimum atomic E-state index is 0.0194. The van der Waals surface area contributed by atoms with Gasteiger partial charge in [-0.25, -0.2) is 0 Å². The molecule has 4 unspecified atom stereocenters. The number of aryl methyl sites for hydroxylation is 1. The molecule has 3 rings (SSSR count). The van der Waals surface area contributed by atoms with Gasteiger partial charge in [0.05, 0.1) is 0 Å². The van der Waals surface area contributed by atoms with E-state index in [2.05, 4.69) is 35.9 Å². The maximum absolute atomic E-state index is 10.5. The summed E-state index contributed by atoms with van der Waals surface area (Å²) >= 11 is 1.61. The van der Waals surface area contributed by atoms with Crippen molar-refractivity contribution in [2.45, 2.75) is 103 Å². The molecule has 2 aliphatic rings. The van der Waals surface area contributed by atoms with Gasteiger partial charge in [-0.05, 0) is 75.6 Å². The smallest absolute Gasteiger partial charge is 0.0123 e. The van der Waals surface area contributed by atoms with Crippen LogP contribution in [0.25, 0.3) is 5.73 Å². The summed E-state index contributed by atoms with van der Waals surface area (Å²) in [6.07, 6.45) is 13.1. The van der Waals surface area contributed by atoms with Crippen molar-refractivity contribution in [2.24, 2.45) is 11.7 Å². The number of nitrogens with two attached hydrogens (primary N) is 1. The molecule has 0 radical (unpaired) electrons. The summed E-state index contributed by atoms with van der Waals surface area (Å²) in [4.78, 5) is 0. The summed E-state index contributed by atoms with van der Waals surface area (Å²) in [7, 11) is 4.61.